The summed E-state index contributed by atoms with van der Waals surface area (Å²) in [4.78, 5) is 25.4. The number of rotatable bonds is 40. The largest absolute Gasteiger partial charge is 0.462 e. The molecule has 344 valence electrons. The van der Waals surface area contributed by atoms with E-state index in [4.69, 9.17) is 18.9 Å². The van der Waals surface area contributed by atoms with Gasteiger partial charge in [0.05, 0.1) is 13.2 Å². The Bertz CT molecular complexity index is 1060. The molecule has 1 fully saturated rings. The van der Waals surface area contributed by atoms with E-state index in [-0.39, 0.29) is 32.0 Å². The van der Waals surface area contributed by atoms with Gasteiger partial charge < -0.3 is 39.4 Å². The van der Waals surface area contributed by atoms with Crippen molar-refractivity contribution in [3.05, 3.63) is 36.5 Å². The van der Waals surface area contributed by atoms with Crippen molar-refractivity contribution in [3.63, 3.8) is 0 Å². The van der Waals surface area contributed by atoms with Gasteiger partial charge in [-0.1, -0.05) is 159 Å². The summed E-state index contributed by atoms with van der Waals surface area (Å²) in [6, 6.07) is 0. The third-order valence-corrected chi connectivity index (χ3v) is 11.0. The molecule has 1 heterocycles. The maximum atomic E-state index is 12.8. The van der Waals surface area contributed by atoms with E-state index in [1.54, 1.807) is 0 Å². The fraction of sp³-hybridized carbons (Fsp3) is 0.837. The SMILES string of the molecule is CCCCCCCC/C=C/C/C=C/CCCCC(=O)O[C@@H](COC(=O)CCCCCCCCCCC/C=C/CCCCCCCC)CO[C@H]1O[C@@H](CO)[C@@H](O)C(O)C1O. The Morgan fingerprint density at radius 2 is 0.949 bits per heavy atom. The van der Waals surface area contributed by atoms with Gasteiger partial charge >= 0.3 is 11.9 Å². The molecule has 10 nitrogen and oxygen atoms in total. The number of esters is 2. The summed E-state index contributed by atoms with van der Waals surface area (Å²) < 4.78 is 22.2. The topological polar surface area (TPSA) is 152 Å². The first-order valence-electron chi connectivity index (χ1n) is 24.1. The lowest BCUT2D eigenvalue weighted by Gasteiger charge is -2.39. The van der Waals surface area contributed by atoms with Crippen LogP contribution in [-0.2, 0) is 28.5 Å². The molecule has 0 saturated carbocycles. The van der Waals surface area contributed by atoms with Gasteiger partial charge in [-0.25, -0.2) is 0 Å². The van der Waals surface area contributed by atoms with Gasteiger partial charge in [0.1, 0.15) is 31.0 Å². The van der Waals surface area contributed by atoms with Gasteiger partial charge in [0.15, 0.2) is 12.4 Å². The van der Waals surface area contributed by atoms with Gasteiger partial charge in [0, 0.05) is 12.8 Å². The zero-order valence-electron chi connectivity index (χ0n) is 37.5. The van der Waals surface area contributed by atoms with Crippen molar-refractivity contribution in [2.24, 2.45) is 0 Å². The van der Waals surface area contributed by atoms with Crippen molar-refractivity contribution in [3.8, 4) is 0 Å². The molecule has 1 rings (SSSR count). The lowest BCUT2D eigenvalue weighted by atomic mass is 9.99. The Kier molecular flexibility index (Phi) is 37.3. The molecule has 0 amide bonds. The number of hydrogen-bond donors (Lipinski definition) is 4. The van der Waals surface area contributed by atoms with E-state index in [1.165, 1.54) is 122 Å². The Morgan fingerprint density at radius 3 is 1.46 bits per heavy atom. The van der Waals surface area contributed by atoms with Crippen molar-refractivity contribution >= 4 is 11.9 Å². The summed E-state index contributed by atoms with van der Waals surface area (Å²) >= 11 is 0. The Morgan fingerprint density at radius 1 is 0.525 bits per heavy atom. The number of allylic oxidation sites excluding steroid dienone is 6. The summed E-state index contributed by atoms with van der Waals surface area (Å²) in [6.07, 6.45) is 38.7. The molecular weight excluding hydrogens is 749 g/mol. The highest BCUT2D eigenvalue weighted by atomic mass is 16.7. The molecule has 10 heteroatoms. The Labute approximate surface area is 359 Å². The average Bonchev–Trinajstić information content (AvgIpc) is 3.23. The molecule has 1 saturated heterocycles. The number of aliphatic hydroxyl groups is 4. The fourth-order valence-corrected chi connectivity index (χ4v) is 7.15. The molecule has 0 bridgehead atoms. The van der Waals surface area contributed by atoms with Crippen LogP contribution in [0, 0.1) is 0 Å². The first-order chi connectivity index (χ1) is 28.8. The van der Waals surface area contributed by atoms with Gasteiger partial charge in [-0.15, -0.1) is 0 Å². The third-order valence-electron chi connectivity index (χ3n) is 11.0. The van der Waals surface area contributed by atoms with Gasteiger partial charge in [0.2, 0.25) is 0 Å². The number of hydrogen-bond acceptors (Lipinski definition) is 10. The molecule has 1 aliphatic rings. The summed E-state index contributed by atoms with van der Waals surface area (Å²) in [5.41, 5.74) is 0. The van der Waals surface area contributed by atoms with Crippen LogP contribution in [0.2, 0.25) is 0 Å². The van der Waals surface area contributed by atoms with Crippen LogP contribution in [0.3, 0.4) is 0 Å². The van der Waals surface area contributed by atoms with Crippen molar-refractivity contribution < 1.29 is 49.0 Å². The van der Waals surface area contributed by atoms with Crippen molar-refractivity contribution in [2.75, 3.05) is 19.8 Å². The highest BCUT2D eigenvalue weighted by Crippen LogP contribution is 2.23. The minimum Gasteiger partial charge on any atom is -0.462 e. The highest BCUT2D eigenvalue weighted by Gasteiger charge is 2.44. The van der Waals surface area contributed by atoms with E-state index in [1.807, 2.05) is 0 Å². The van der Waals surface area contributed by atoms with E-state index in [0.717, 1.165) is 51.4 Å². The highest BCUT2D eigenvalue weighted by molar-refractivity contribution is 5.70. The number of carbonyl (C=O) groups is 2. The zero-order chi connectivity index (χ0) is 43.0. The number of aliphatic hydroxyl groups excluding tert-OH is 4. The van der Waals surface area contributed by atoms with Crippen LogP contribution < -0.4 is 0 Å². The maximum absolute atomic E-state index is 12.8. The predicted octanol–water partition coefficient (Wildman–Crippen LogP) is 10.7. The molecule has 59 heavy (non-hydrogen) atoms. The molecule has 0 aliphatic carbocycles. The predicted molar refractivity (Wildman–Crippen MR) is 238 cm³/mol. The lowest BCUT2D eigenvalue weighted by Crippen LogP contribution is -2.59. The number of carbonyl (C=O) groups excluding carboxylic acids is 2. The molecule has 0 radical (unpaired) electrons. The van der Waals surface area contributed by atoms with Crippen molar-refractivity contribution in [1.29, 1.82) is 0 Å². The second-order valence-electron chi connectivity index (χ2n) is 16.6. The summed E-state index contributed by atoms with van der Waals surface area (Å²) in [5.74, 6) is -0.843. The zero-order valence-corrected chi connectivity index (χ0v) is 37.5. The van der Waals surface area contributed by atoms with Crippen LogP contribution in [0.4, 0.5) is 0 Å². The molecule has 2 unspecified atom stereocenters. The van der Waals surface area contributed by atoms with E-state index >= 15 is 0 Å². The molecule has 0 aromatic heterocycles. The van der Waals surface area contributed by atoms with Crippen molar-refractivity contribution in [2.45, 2.75) is 243 Å². The molecule has 6 atom stereocenters. The van der Waals surface area contributed by atoms with Gasteiger partial charge in [0.25, 0.3) is 0 Å². The van der Waals surface area contributed by atoms with Crippen LogP contribution >= 0.6 is 0 Å². The Balaban J connectivity index is 2.31. The van der Waals surface area contributed by atoms with Crippen LogP contribution in [0.1, 0.15) is 206 Å². The monoisotopic (exact) mass is 837 g/mol. The molecular formula is C49H88O10. The van der Waals surface area contributed by atoms with Crippen LogP contribution in [-0.4, -0.2) is 89.0 Å². The van der Waals surface area contributed by atoms with E-state index < -0.39 is 49.4 Å². The average molecular weight is 837 g/mol. The van der Waals surface area contributed by atoms with Gasteiger partial charge in [-0.3, -0.25) is 9.59 Å². The molecule has 0 spiro atoms. The van der Waals surface area contributed by atoms with Crippen LogP contribution in [0.25, 0.3) is 0 Å². The molecule has 1 aliphatic heterocycles. The molecule has 0 aromatic carbocycles. The third kappa shape index (κ3) is 31.4. The van der Waals surface area contributed by atoms with E-state index in [2.05, 4.69) is 50.3 Å². The number of unbranched alkanes of at least 4 members (excludes halogenated alkanes) is 23. The fourth-order valence-electron chi connectivity index (χ4n) is 7.15. The molecule has 4 N–H and O–H groups in total. The standard InChI is InChI=1S/C49H88O10/c1-3-5-7-9-11-13-15-17-19-20-21-22-24-25-27-29-31-33-35-37-44(51)56-40-42(41-57-49-48(55)47(54)46(53)43(39-50)59-49)58-45(52)38-36-34-32-30-28-26-23-18-16-14-12-10-8-6-4-2/h17-19,23,28,30,42-43,46-50,53-55H,3-16,20-22,24-27,29,31-41H2,1-2H3/b19-17+,23-18+,30-28+/t42-,43-,46+,47?,48?,49-/m0/s1. The van der Waals surface area contributed by atoms with Crippen LogP contribution in [0.15, 0.2) is 36.5 Å². The smallest absolute Gasteiger partial charge is 0.306 e. The Hall–Kier alpha value is -2.08. The van der Waals surface area contributed by atoms with Gasteiger partial charge in [-0.05, 0) is 70.6 Å². The second kappa shape index (κ2) is 40.0. The van der Waals surface area contributed by atoms with Crippen LogP contribution in [0.5, 0.6) is 0 Å². The quantitative estimate of drug-likeness (QED) is 0.0267. The first-order valence-corrected chi connectivity index (χ1v) is 24.1. The normalized spacial score (nSPS) is 20.3. The first kappa shape index (κ1) is 54.9. The van der Waals surface area contributed by atoms with E-state index in [0.29, 0.717) is 6.42 Å². The summed E-state index contributed by atoms with van der Waals surface area (Å²) in [6.45, 7) is 3.39. The summed E-state index contributed by atoms with van der Waals surface area (Å²) in [5, 5.41) is 40.1. The minimum atomic E-state index is -1.60. The van der Waals surface area contributed by atoms with E-state index in [9.17, 15) is 30.0 Å². The lowest BCUT2D eigenvalue weighted by molar-refractivity contribution is -0.305. The second-order valence-corrected chi connectivity index (χ2v) is 16.6. The molecule has 0 aromatic rings. The maximum Gasteiger partial charge on any atom is 0.306 e. The summed E-state index contributed by atoms with van der Waals surface area (Å²) in [7, 11) is 0. The van der Waals surface area contributed by atoms with Crippen molar-refractivity contribution in [1.82, 2.24) is 0 Å². The number of ether oxygens (including phenoxy) is 4. The minimum absolute atomic E-state index is 0.188. The van der Waals surface area contributed by atoms with Gasteiger partial charge in [-0.2, -0.15) is 0 Å².